The highest BCUT2D eigenvalue weighted by Crippen LogP contribution is 2.34. The van der Waals surface area contributed by atoms with E-state index >= 15 is 0 Å². The molecule has 7 heteroatoms. The summed E-state index contributed by atoms with van der Waals surface area (Å²) in [4.78, 5) is 15.9. The zero-order chi connectivity index (χ0) is 13.3. The quantitative estimate of drug-likeness (QED) is 0.901. The molecule has 18 heavy (non-hydrogen) atoms. The van der Waals surface area contributed by atoms with E-state index in [4.69, 9.17) is 5.11 Å². The standard InChI is InChI=1S/C11H11F3N2O2/c12-11(13,14)7-3-4-15-9(5-7)16(6-10(17)18)8-1-2-8/h3-5,8H,1-2,6H2,(H,17,18). The first-order valence-corrected chi connectivity index (χ1v) is 5.39. The molecule has 0 aromatic carbocycles. The smallest absolute Gasteiger partial charge is 0.416 e. The number of carbonyl (C=O) groups is 1. The number of nitrogens with zero attached hydrogens (tertiary/aromatic N) is 2. The lowest BCUT2D eigenvalue weighted by atomic mass is 10.2. The molecule has 2 rings (SSSR count). The Bertz CT molecular complexity index is 458. The van der Waals surface area contributed by atoms with E-state index < -0.39 is 17.7 Å². The summed E-state index contributed by atoms with van der Waals surface area (Å²) in [7, 11) is 0. The minimum absolute atomic E-state index is 0.0166. The number of aliphatic carboxylic acids is 1. The van der Waals surface area contributed by atoms with Crippen molar-refractivity contribution in [1.82, 2.24) is 4.98 Å². The Balaban J connectivity index is 2.27. The summed E-state index contributed by atoms with van der Waals surface area (Å²) in [6.07, 6.45) is -1.83. The highest BCUT2D eigenvalue weighted by atomic mass is 19.4. The summed E-state index contributed by atoms with van der Waals surface area (Å²) in [5, 5.41) is 8.76. The molecule has 1 aliphatic rings. The number of hydrogen-bond donors (Lipinski definition) is 1. The zero-order valence-corrected chi connectivity index (χ0v) is 9.31. The number of hydrogen-bond acceptors (Lipinski definition) is 3. The third kappa shape index (κ3) is 2.91. The highest BCUT2D eigenvalue weighted by Gasteiger charge is 2.34. The van der Waals surface area contributed by atoms with Crippen LogP contribution in [-0.4, -0.2) is 28.6 Å². The van der Waals surface area contributed by atoms with Crippen LogP contribution in [0, 0.1) is 0 Å². The van der Waals surface area contributed by atoms with Crippen molar-refractivity contribution in [1.29, 1.82) is 0 Å². The average molecular weight is 260 g/mol. The number of aromatic nitrogens is 1. The van der Waals surface area contributed by atoms with Gasteiger partial charge in [-0.15, -0.1) is 0 Å². The monoisotopic (exact) mass is 260 g/mol. The van der Waals surface area contributed by atoms with Gasteiger partial charge in [-0.1, -0.05) is 0 Å². The summed E-state index contributed by atoms with van der Waals surface area (Å²) >= 11 is 0. The van der Waals surface area contributed by atoms with Crippen LogP contribution in [0.25, 0.3) is 0 Å². The molecule has 0 radical (unpaired) electrons. The summed E-state index contributed by atoms with van der Waals surface area (Å²) in [5.74, 6) is -1.02. The molecule has 1 fully saturated rings. The zero-order valence-electron chi connectivity index (χ0n) is 9.31. The van der Waals surface area contributed by atoms with Gasteiger partial charge in [0.25, 0.3) is 0 Å². The first kappa shape index (κ1) is 12.7. The van der Waals surface area contributed by atoms with Gasteiger partial charge < -0.3 is 10.0 Å². The fraction of sp³-hybridized carbons (Fsp3) is 0.455. The van der Waals surface area contributed by atoms with Crippen molar-refractivity contribution in [2.75, 3.05) is 11.4 Å². The molecule has 4 nitrogen and oxygen atoms in total. The minimum Gasteiger partial charge on any atom is -0.480 e. The molecule has 0 aliphatic heterocycles. The lowest BCUT2D eigenvalue weighted by molar-refractivity contribution is -0.137. The van der Waals surface area contributed by atoms with E-state index in [0.29, 0.717) is 0 Å². The van der Waals surface area contributed by atoms with Crippen molar-refractivity contribution in [2.45, 2.75) is 25.1 Å². The lowest BCUT2D eigenvalue weighted by Crippen LogP contribution is -2.32. The predicted molar refractivity (Wildman–Crippen MR) is 57.2 cm³/mol. The summed E-state index contributed by atoms with van der Waals surface area (Å²) in [5.41, 5.74) is -0.816. The molecule has 0 amide bonds. The van der Waals surface area contributed by atoms with E-state index in [2.05, 4.69) is 4.98 Å². The van der Waals surface area contributed by atoms with E-state index in [1.54, 1.807) is 0 Å². The van der Waals surface area contributed by atoms with E-state index in [1.165, 1.54) is 4.90 Å². The summed E-state index contributed by atoms with van der Waals surface area (Å²) in [6.45, 7) is -0.334. The van der Waals surface area contributed by atoms with Crippen LogP contribution < -0.4 is 4.90 Å². The molecule has 0 saturated heterocycles. The maximum Gasteiger partial charge on any atom is 0.416 e. The van der Waals surface area contributed by atoms with Crippen LogP contribution in [0.1, 0.15) is 18.4 Å². The largest absolute Gasteiger partial charge is 0.480 e. The number of carboxylic acid groups (broad SMARTS) is 1. The van der Waals surface area contributed by atoms with Gasteiger partial charge in [0.1, 0.15) is 12.4 Å². The van der Waals surface area contributed by atoms with Crippen molar-refractivity contribution in [2.24, 2.45) is 0 Å². The number of halogens is 3. The second-order valence-corrected chi connectivity index (χ2v) is 4.15. The average Bonchev–Trinajstić information content (AvgIpc) is 3.08. The Hall–Kier alpha value is -1.79. The van der Waals surface area contributed by atoms with Gasteiger partial charge in [0.15, 0.2) is 0 Å². The number of alkyl halides is 3. The van der Waals surface area contributed by atoms with Crippen molar-refractivity contribution in [3.05, 3.63) is 23.9 Å². The molecule has 98 valence electrons. The van der Waals surface area contributed by atoms with Crippen LogP contribution in [0.5, 0.6) is 0 Å². The van der Waals surface area contributed by atoms with Gasteiger partial charge >= 0.3 is 12.1 Å². The summed E-state index contributed by atoms with van der Waals surface area (Å²) in [6, 6.07) is 1.74. The highest BCUT2D eigenvalue weighted by molar-refractivity contribution is 5.73. The fourth-order valence-corrected chi connectivity index (χ4v) is 1.68. The molecule has 1 saturated carbocycles. The second-order valence-electron chi connectivity index (χ2n) is 4.15. The third-order valence-electron chi connectivity index (χ3n) is 2.66. The van der Waals surface area contributed by atoms with Crippen molar-refractivity contribution >= 4 is 11.8 Å². The number of anilines is 1. The van der Waals surface area contributed by atoms with E-state index in [-0.39, 0.29) is 18.4 Å². The van der Waals surface area contributed by atoms with Crippen LogP contribution in [-0.2, 0) is 11.0 Å². The minimum atomic E-state index is -4.45. The van der Waals surface area contributed by atoms with Crippen LogP contribution in [0.2, 0.25) is 0 Å². The number of rotatable bonds is 4. The van der Waals surface area contributed by atoms with Crippen LogP contribution in [0.4, 0.5) is 19.0 Å². The molecule has 1 heterocycles. The van der Waals surface area contributed by atoms with E-state index in [0.717, 1.165) is 31.2 Å². The van der Waals surface area contributed by atoms with Crippen LogP contribution >= 0.6 is 0 Å². The van der Waals surface area contributed by atoms with Gasteiger partial charge in [-0.25, -0.2) is 4.98 Å². The maximum absolute atomic E-state index is 12.5. The van der Waals surface area contributed by atoms with Gasteiger partial charge in [-0.05, 0) is 25.0 Å². The lowest BCUT2D eigenvalue weighted by Gasteiger charge is -2.22. The first-order chi connectivity index (χ1) is 8.38. The van der Waals surface area contributed by atoms with Crippen LogP contribution in [0.15, 0.2) is 18.3 Å². The van der Waals surface area contributed by atoms with Gasteiger partial charge in [0.05, 0.1) is 5.56 Å². The van der Waals surface area contributed by atoms with Crippen molar-refractivity contribution < 1.29 is 23.1 Å². The molecule has 1 N–H and O–H groups in total. The second kappa shape index (κ2) is 4.47. The van der Waals surface area contributed by atoms with Gasteiger partial charge in [-0.2, -0.15) is 13.2 Å². The van der Waals surface area contributed by atoms with E-state index in [1.807, 2.05) is 0 Å². The normalized spacial score (nSPS) is 15.5. The fourth-order valence-electron chi connectivity index (χ4n) is 1.68. The predicted octanol–water partition coefficient (Wildman–Crippen LogP) is 2.15. The number of carboxylic acids is 1. The summed E-state index contributed by atoms with van der Waals surface area (Å²) < 4.78 is 37.6. The SMILES string of the molecule is O=C(O)CN(c1cc(C(F)(F)F)ccn1)C1CC1. The maximum atomic E-state index is 12.5. The molecule has 0 spiro atoms. The Morgan fingerprint density at radius 2 is 2.17 bits per heavy atom. The topological polar surface area (TPSA) is 53.4 Å². The van der Waals surface area contributed by atoms with Gasteiger partial charge in [0, 0.05) is 12.2 Å². The Labute approximate surface area is 101 Å². The molecule has 0 bridgehead atoms. The first-order valence-electron chi connectivity index (χ1n) is 5.39. The molecule has 0 unspecified atom stereocenters. The molecule has 0 atom stereocenters. The Kier molecular flexibility index (Phi) is 3.14. The van der Waals surface area contributed by atoms with Gasteiger partial charge in [0.2, 0.25) is 0 Å². The molecule has 1 aromatic rings. The van der Waals surface area contributed by atoms with E-state index in [9.17, 15) is 18.0 Å². The van der Waals surface area contributed by atoms with Crippen LogP contribution in [0.3, 0.4) is 0 Å². The van der Waals surface area contributed by atoms with Crippen molar-refractivity contribution in [3.63, 3.8) is 0 Å². The molecular formula is C11H11F3N2O2. The van der Waals surface area contributed by atoms with Crippen molar-refractivity contribution in [3.8, 4) is 0 Å². The molecular weight excluding hydrogens is 249 g/mol. The van der Waals surface area contributed by atoms with Gasteiger partial charge in [-0.3, -0.25) is 4.79 Å². The Morgan fingerprint density at radius 1 is 1.50 bits per heavy atom. The molecule has 1 aromatic heterocycles. The molecule has 1 aliphatic carbocycles. The third-order valence-corrected chi connectivity index (χ3v) is 2.66. The Morgan fingerprint density at radius 3 is 2.67 bits per heavy atom. The number of pyridine rings is 1.